The van der Waals surface area contributed by atoms with Crippen LogP contribution in [-0.2, 0) is 16.1 Å². The van der Waals surface area contributed by atoms with Gasteiger partial charge in [0, 0.05) is 32.7 Å². The minimum atomic E-state index is -0.638. The molecule has 2 aromatic carbocycles. The standard InChI is InChI=1S/C22H28N4O2/c1-17-7-9-19(10-8-17)21(23)22(28)26-13-11-25(12-14-26)16-20(27)24-15-18-5-3-2-4-6-18/h2-10,21H,11-16,23H2,1H3,(H,24,27). The number of carbonyl (C=O) groups excluding carboxylic acids is 2. The van der Waals surface area contributed by atoms with Crippen molar-refractivity contribution in [1.29, 1.82) is 0 Å². The molecular weight excluding hydrogens is 352 g/mol. The van der Waals surface area contributed by atoms with E-state index in [1.54, 1.807) is 4.90 Å². The minimum absolute atomic E-state index is 0.0000126. The van der Waals surface area contributed by atoms with Crippen LogP contribution in [0.4, 0.5) is 0 Å². The van der Waals surface area contributed by atoms with Crippen LogP contribution in [0.2, 0.25) is 0 Å². The second kappa shape index (κ2) is 9.48. The van der Waals surface area contributed by atoms with Gasteiger partial charge in [0.2, 0.25) is 11.8 Å². The monoisotopic (exact) mass is 380 g/mol. The van der Waals surface area contributed by atoms with Gasteiger partial charge in [-0.1, -0.05) is 60.2 Å². The summed E-state index contributed by atoms with van der Waals surface area (Å²) in [6.07, 6.45) is 0. The van der Waals surface area contributed by atoms with Crippen LogP contribution >= 0.6 is 0 Å². The number of carbonyl (C=O) groups is 2. The number of piperazine rings is 1. The van der Waals surface area contributed by atoms with Gasteiger partial charge < -0.3 is 16.0 Å². The summed E-state index contributed by atoms with van der Waals surface area (Å²) in [4.78, 5) is 28.7. The number of rotatable bonds is 6. The first-order chi connectivity index (χ1) is 13.5. The van der Waals surface area contributed by atoms with E-state index in [1.165, 1.54) is 0 Å². The molecule has 2 amide bonds. The lowest BCUT2D eigenvalue weighted by Gasteiger charge is -2.35. The van der Waals surface area contributed by atoms with Crippen LogP contribution in [0.5, 0.6) is 0 Å². The Hall–Kier alpha value is -2.70. The predicted octanol–water partition coefficient (Wildman–Crippen LogP) is 1.46. The number of amides is 2. The Labute approximate surface area is 166 Å². The van der Waals surface area contributed by atoms with Crippen LogP contribution in [0.1, 0.15) is 22.7 Å². The van der Waals surface area contributed by atoms with E-state index in [-0.39, 0.29) is 11.8 Å². The van der Waals surface area contributed by atoms with Crippen LogP contribution in [-0.4, -0.2) is 54.3 Å². The highest BCUT2D eigenvalue weighted by Gasteiger charge is 2.26. The fourth-order valence-corrected chi connectivity index (χ4v) is 3.29. The number of hydrogen-bond donors (Lipinski definition) is 2. The van der Waals surface area contributed by atoms with Crippen LogP contribution in [0.15, 0.2) is 54.6 Å². The third-order valence-electron chi connectivity index (χ3n) is 5.09. The summed E-state index contributed by atoms with van der Waals surface area (Å²) in [5, 5.41) is 2.94. The number of hydrogen-bond acceptors (Lipinski definition) is 4. The Morgan fingerprint density at radius 1 is 1.00 bits per heavy atom. The first-order valence-electron chi connectivity index (χ1n) is 9.67. The maximum absolute atomic E-state index is 12.7. The summed E-state index contributed by atoms with van der Waals surface area (Å²) in [7, 11) is 0. The van der Waals surface area contributed by atoms with Gasteiger partial charge in [-0.25, -0.2) is 0 Å². The zero-order chi connectivity index (χ0) is 19.9. The van der Waals surface area contributed by atoms with E-state index in [0.717, 1.165) is 16.7 Å². The van der Waals surface area contributed by atoms with E-state index < -0.39 is 6.04 Å². The molecule has 0 spiro atoms. The molecule has 0 radical (unpaired) electrons. The first-order valence-corrected chi connectivity index (χ1v) is 9.67. The predicted molar refractivity (Wildman–Crippen MR) is 109 cm³/mol. The fraction of sp³-hybridized carbons (Fsp3) is 0.364. The second-order valence-corrected chi connectivity index (χ2v) is 7.25. The van der Waals surface area contributed by atoms with Crippen LogP contribution in [0, 0.1) is 6.92 Å². The van der Waals surface area contributed by atoms with Crippen molar-refractivity contribution in [2.75, 3.05) is 32.7 Å². The van der Waals surface area contributed by atoms with Gasteiger partial charge in [0.05, 0.1) is 6.54 Å². The summed E-state index contributed by atoms with van der Waals surface area (Å²) < 4.78 is 0. The SMILES string of the molecule is Cc1ccc(C(N)C(=O)N2CCN(CC(=O)NCc3ccccc3)CC2)cc1. The lowest BCUT2D eigenvalue weighted by atomic mass is 10.0. The summed E-state index contributed by atoms with van der Waals surface area (Å²) in [5.41, 5.74) is 9.21. The molecule has 148 valence electrons. The van der Waals surface area contributed by atoms with Crippen molar-refractivity contribution in [3.8, 4) is 0 Å². The number of nitrogens with zero attached hydrogens (tertiary/aromatic N) is 2. The first kappa shape index (κ1) is 20.0. The topological polar surface area (TPSA) is 78.7 Å². The van der Waals surface area contributed by atoms with Gasteiger partial charge in [0.25, 0.3) is 0 Å². The van der Waals surface area contributed by atoms with Crippen molar-refractivity contribution in [2.24, 2.45) is 5.73 Å². The molecule has 1 heterocycles. The van der Waals surface area contributed by atoms with Crippen molar-refractivity contribution in [3.63, 3.8) is 0 Å². The molecular formula is C22H28N4O2. The Morgan fingerprint density at radius 3 is 2.29 bits per heavy atom. The molecule has 6 nitrogen and oxygen atoms in total. The quantitative estimate of drug-likeness (QED) is 0.795. The van der Waals surface area contributed by atoms with Gasteiger partial charge in [-0.05, 0) is 18.1 Å². The van der Waals surface area contributed by atoms with Gasteiger partial charge in [0.15, 0.2) is 0 Å². The maximum Gasteiger partial charge on any atom is 0.244 e. The molecule has 0 aliphatic carbocycles. The Morgan fingerprint density at radius 2 is 1.64 bits per heavy atom. The zero-order valence-corrected chi connectivity index (χ0v) is 16.3. The third kappa shape index (κ3) is 5.41. The minimum Gasteiger partial charge on any atom is -0.351 e. The second-order valence-electron chi connectivity index (χ2n) is 7.25. The molecule has 1 aliphatic rings. The molecule has 6 heteroatoms. The molecule has 1 saturated heterocycles. The van der Waals surface area contributed by atoms with Crippen molar-refractivity contribution in [2.45, 2.75) is 19.5 Å². The third-order valence-corrected chi connectivity index (χ3v) is 5.09. The van der Waals surface area contributed by atoms with Crippen LogP contribution < -0.4 is 11.1 Å². The molecule has 3 rings (SSSR count). The molecule has 0 saturated carbocycles. The molecule has 28 heavy (non-hydrogen) atoms. The molecule has 2 aromatic rings. The van der Waals surface area contributed by atoms with Gasteiger partial charge >= 0.3 is 0 Å². The number of nitrogens with one attached hydrogen (secondary N) is 1. The molecule has 1 fully saturated rings. The highest BCUT2D eigenvalue weighted by molar-refractivity contribution is 5.83. The van der Waals surface area contributed by atoms with E-state index in [9.17, 15) is 9.59 Å². The van der Waals surface area contributed by atoms with E-state index in [4.69, 9.17) is 5.73 Å². The van der Waals surface area contributed by atoms with E-state index in [2.05, 4.69) is 10.2 Å². The summed E-state index contributed by atoms with van der Waals surface area (Å²) in [5.74, 6) is -0.0583. The highest BCUT2D eigenvalue weighted by Crippen LogP contribution is 2.15. The van der Waals surface area contributed by atoms with Gasteiger partial charge in [-0.15, -0.1) is 0 Å². The number of aryl methyl sites for hydroxylation is 1. The molecule has 0 aromatic heterocycles. The van der Waals surface area contributed by atoms with E-state index >= 15 is 0 Å². The average Bonchev–Trinajstić information content (AvgIpc) is 2.73. The maximum atomic E-state index is 12.7. The smallest absolute Gasteiger partial charge is 0.244 e. The van der Waals surface area contributed by atoms with E-state index in [0.29, 0.717) is 39.3 Å². The molecule has 1 atom stereocenters. The average molecular weight is 380 g/mol. The van der Waals surface area contributed by atoms with Crippen molar-refractivity contribution in [1.82, 2.24) is 15.1 Å². The number of nitrogens with two attached hydrogens (primary N) is 1. The van der Waals surface area contributed by atoms with Crippen LogP contribution in [0.3, 0.4) is 0 Å². The summed E-state index contributed by atoms with van der Waals surface area (Å²) >= 11 is 0. The highest BCUT2D eigenvalue weighted by atomic mass is 16.2. The molecule has 0 bridgehead atoms. The molecule has 1 unspecified atom stereocenters. The molecule has 3 N–H and O–H groups in total. The lowest BCUT2D eigenvalue weighted by molar-refractivity contribution is -0.134. The summed E-state index contributed by atoms with van der Waals surface area (Å²) in [6.45, 7) is 5.40. The fourth-order valence-electron chi connectivity index (χ4n) is 3.29. The van der Waals surface area contributed by atoms with Gasteiger partial charge in [-0.2, -0.15) is 0 Å². The van der Waals surface area contributed by atoms with Crippen molar-refractivity contribution < 1.29 is 9.59 Å². The Bertz CT molecular complexity index is 784. The van der Waals surface area contributed by atoms with Gasteiger partial charge in [-0.3, -0.25) is 14.5 Å². The Balaban J connectivity index is 1.42. The number of benzene rings is 2. The van der Waals surface area contributed by atoms with Crippen molar-refractivity contribution in [3.05, 3.63) is 71.3 Å². The zero-order valence-electron chi connectivity index (χ0n) is 16.3. The lowest BCUT2D eigenvalue weighted by Crippen LogP contribution is -2.52. The van der Waals surface area contributed by atoms with Crippen molar-refractivity contribution >= 4 is 11.8 Å². The van der Waals surface area contributed by atoms with E-state index in [1.807, 2.05) is 61.5 Å². The van der Waals surface area contributed by atoms with Gasteiger partial charge in [0.1, 0.15) is 6.04 Å². The van der Waals surface area contributed by atoms with Crippen LogP contribution in [0.25, 0.3) is 0 Å². The normalized spacial score (nSPS) is 15.9. The summed E-state index contributed by atoms with van der Waals surface area (Å²) in [6, 6.07) is 17.0. The Kier molecular flexibility index (Phi) is 6.79. The molecule has 1 aliphatic heterocycles. The largest absolute Gasteiger partial charge is 0.351 e.